The fourth-order valence-corrected chi connectivity index (χ4v) is 3.52. The Morgan fingerprint density at radius 2 is 1.93 bits per heavy atom. The largest absolute Gasteiger partial charge is 0.355 e. The number of halogens is 1. The Kier molecular flexibility index (Phi) is 4.58. The van der Waals surface area contributed by atoms with Crippen LogP contribution < -0.4 is 10.6 Å². The maximum absolute atomic E-state index is 13.8. The molecule has 4 aromatic rings. The molecule has 2 N–H and O–H groups in total. The molecule has 0 spiro atoms. The summed E-state index contributed by atoms with van der Waals surface area (Å²) in [5.74, 6) is -0.987. The van der Waals surface area contributed by atoms with Gasteiger partial charge in [-0.3, -0.25) is 9.59 Å². The molecule has 0 unspecified atom stereocenters. The van der Waals surface area contributed by atoms with Gasteiger partial charge in [0.1, 0.15) is 5.82 Å². The molecule has 2 aromatic heterocycles. The Morgan fingerprint density at radius 3 is 2.71 bits per heavy atom. The molecule has 7 nitrogen and oxygen atoms in total. The minimum absolute atomic E-state index is 0.0292. The predicted octanol–water partition coefficient (Wildman–Crippen LogP) is 4.30. The lowest BCUT2D eigenvalue weighted by Gasteiger charge is -2.02. The maximum Gasteiger partial charge on any atom is 0.277 e. The molecule has 0 aliphatic carbocycles. The van der Waals surface area contributed by atoms with Crippen molar-refractivity contribution in [1.29, 1.82) is 0 Å². The SMILES string of the molecule is CC(=O)Nc1nc2ccc(NC(=O)c3cc(-c4ccccc4F)on3)cc2s1. The average molecular weight is 396 g/mol. The number of fused-ring (bicyclic) bond motifs is 1. The second kappa shape index (κ2) is 7.20. The van der Waals surface area contributed by atoms with E-state index < -0.39 is 11.7 Å². The molecule has 0 fully saturated rings. The van der Waals surface area contributed by atoms with Crippen LogP contribution in [-0.2, 0) is 4.79 Å². The van der Waals surface area contributed by atoms with Crippen molar-refractivity contribution >= 4 is 44.2 Å². The predicted molar refractivity (Wildman–Crippen MR) is 104 cm³/mol. The zero-order chi connectivity index (χ0) is 19.7. The average Bonchev–Trinajstić information content (AvgIpc) is 3.28. The van der Waals surface area contributed by atoms with Gasteiger partial charge in [0.2, 0.25) is 5.91 Å². The first kappa shape index (κ1) is 17.8. The summed E-state index contributed by atoms with van der Waals surface area (Å²) in [6.07, 6.45) is 0. The van der Waals surface area contributed by atoms with Crippen molar-refractivity contribution in [2.45, 2.75) is 6.92 Å². The Balaban J connectivity index is 1.53. The van der Waals surface area contributed by atoms with Crippen molar-refractivity contribution in [3.63, 3.8) is 0 Å². The van der Waals surface area contributed by atoms with E-state index in [0.717, 1.165) is 4.70 Å². The van der Waals surface area contributed by atoms with Crippen LogP contribution in [0.25, 0.3) is 21.5 Å². The zero-order valence-electron chi connectivity index (χ0n) is 14.5. The lowest BCUT2D eigenvalue weighted by molar-refractivity contribution is -0.114. The Bertz CT molecular complexity index is 1200. The number of nitrogens with one attached hydrogen (secondary N) is 2. The summed E-state index contributed by atoms with van der Waals surface area (Å²) >= 11 is 1.30. The summed E-state index contributed by atoms with van der Waals surface area (Å²) in [6, 6.07) is 12.6. The molecule has 0 bridgehead atoms. The van der Waals surface area contributed by atoms with E-state index in [1.807, 2.05) is 0 Å². The van der Waals surface area contributed by atoms with Gasteiger partial charge in [0.15, 0.2) is 16.6 Å². The third-order valence-corrected chi connectivity index (χ3v) is 4.74. The van der Waals surface area contributed by atoms with Crippen LogP contribution in [0.5, 0.6) is 0 Å². The van der Waals surface area contributed by atoms with E-state index in [1.54, 1.807) is 36.4 Å². The first-order chi connectivity index (χ1) is 13.5. The molecule has 0 radical (unpaired) electrons. The maximum atomic E-state index is 13.8. The minimum Gasteiger partial charge on any atom is -0.355 e. The van der Waals surface area contributed by atoms with Gasteiger partial charge in [0.05, 0.1) is 15.8 Å². The highest BCUT2D eigenvalue weighted by Crippen LogP contribution is 2.29. The molecule has 0 aliphatic rings. The summed E-state index contributed by atoms with van der Waals surface area (Å²) in [5, 5.41) is 9.55. The van der Waals surface area contributed by atoms with Gasteiger partial charge in [-0.05, 0) is 30.3 Å². The first-order valence-corrected chi connectivity index (χ1v) is 9.02. The van der Waals surface area contributed by atoms with E-state index in [4.69, 9.17) is 4.52 Å². The van der Waals surface area contributed by atoms with Crippen molar-refractivity contribution in [2.75, 3.05) is 10.6 Å². The summed E-state index contributed by atoms with van der Waals surface area (Å²) in [7, 11) is 0. The molecule has 2 aromatic carbocycles. The van der Waals surface area contributed by atoms with Crippen LogP contribution in [0.3, 0.4) is 0 Å². The van der Waals surface area contributed by atoms with Crippen molar-refractivity contribution in [3.8, 4) is 11.3 Å². The number of rotatable bonds is 4. The van der Waals surface area contributed by atoms with Crippen LogP contribution in [0.4, 0.5) is 15.2 Å². The van der Waals surface area contributed by atoms with Gasteiger partial charge in [0.25, 0.3) is 5.91 Å². The van der Waals surface area contributed by atoms with Crippen molar-refractivity contribution in [3.05, 3.63) is 60.0 Å². The molecule has 4 rings (SSSR count). The summed E-state index contributed by atoms with van der Waals surface area (Å²) in [5.41, 5.74) is 1.49. The number of anilines is 2. The molecule has 0 atom stereocenters. The molecule has 9 heteroatoms. The third-order valence-electron chi connectivity index (χ3n) is 3.81. The van der Waals surface area contributed by atoms with E-state index in [0.29, 0.717) is 16.3 Å². The highest BCUT2D eigenvalue weighted by atomic mass is 32.1. The van der Waals surface area contributed by atoms with E-state index in [9.17, 15) is 14.0 Å². The Morgan fingerprint density at radius 1 is 1.11 bits per heavy atom. The van der Waals surface area contributed by atoms with Crippen molar-refractivity contribution in [1.82, 2.24) is 10.1 Å². The molecule has 140 valence electrons. The van der Waals surface area contributed by atoms with Gasteiger partial charge in [-0.25, -0.2) is 9.37 Å². The fourth-order valence-electron chi connectivity index (χ4n) is 2.57. The normalized spacial score (nSPS) is 10.8. The van der Waals surface area contributed by atoms with Crippen molar-refractivity contribution < 1.29 is 18.5 Å². The van der Waals surface area contributed by atoms with Crippen LogP contribution in [0, 0.1) is 5.82 Å². The number of thiazole rings is 1. The fraction of sp³-hybridized carbons (Fsp3) is 0.0526. The molecule has 2 amide bonds. The van der Waals surface area contributed by atoms with E-state index in [2.05, 4.69) is 20.8 Å². The smallest absolute Gasteiger partial charge is 0.277 e. The Hall–Kier alpha value is -3.59. The van der Waals surface area contributed by atoms with Gasteiger partial charge >= 0.3 is 0 Å². The number of carbonyl (C=O) groups is 2. The highest BCUT2D eigenvalue weighted by Gasteiger charge is 2.16. The molecule has 0 saturated heterocycles. The van der Waals surface area contributed by atoms with Gasteiger partial charge in [-0.2, -0.15) is 0 Å². The number of aromatic nitrogens is 2. The first-order valence-electron chi connectivity index (χ1n) is 8.21. The van der Waals surface area contributed by atoms with Crippen LogP contribution in [0.15, 0.2) is 53.1 Å². The number of carbonyl (C=O) groups excluding carboxylic acids is 2. The van der Waals surface area contributed by atoms with Crippen molar-refractivity contribution in [2.24, 2.45) is 0 Å². The van der Waals surface area contributed by atoms with Gasteiger partial charge < -0.3 is 15.2 Å². The van der Waals surface area contributed by atoms with Gasteiger partial charge in [-0.15, -0.1) is 0 Å². The number of hydrogen-bond acceptors (Lipinski definition) is 6. The minimum atomic E-state index is -0.489. The summed E-state index contributed by atoms with van der Waals surface area (Å²) in [4.78, 5) is 27.9. The molecular formula is C19H13FN4O3S. The van der Waals surface area contributed by atoms with E-state index in [1.165, 1.54) is 30.4 Å². The van der Waals surface area contributed by atoms with E-state index in [-0.39, 0.29) is 22.9 Å². The number of amides is 2. The lowest BCUT2D eigenvalue weighted by Crippen LogP contribution is -2.11. The quantitative estimate of drug-likeness (QED) is 0.536. The topological polar surface area (TPSA) is 97.1 Å². The number of hydrogen-bond donors (Lipinski definition) is 2. The van der Waals surface area contributed by atoms with Crippen LogP contribution >= 0.6 is 11.3 Å². The van der Waals surface area contributed by atoms with Crippen LogP contribution in [0.2, 0.25) is 0 Å². The summed E-state index contributed by atoms with van der Waals surface area (Å²) < 4.78 is 19.7. The van der Waals surface area contributed by atoms with E-state index >= 15 is 0 Å². The third kappa shape index (κ3) is 3.60. The standard InChI is InChI=1S/C19H13FN4O3S/c1-10(25)21-19-23-14-7-6-11(8-17(14)28-19)22-18(26)15-9-16(27-24-15)12-4-2-3-5-13(12)20/h2-9H,1H3,(H,22,26)(H,21,23,25). The number of nitrogens with zero attached hydrogens (tertiary/aromatic N) is 2. The molecule has 2 heterocycles. The zero-order valence-corrected chi connectivity index (χ0v) is 15.3. The molecule has 28 heavy (non-hydrogen) atoms. The Labute approximate surface area is 162 Å². The monoisotopic (exact) mass is 396 g/mol. The highest BCUT2D eigenvalue weighted by molar-refractivity contribution is 7.22. The lowest BCUT2D eigenvalue weighted by atomic mass is 10.1. The van der Waals surface area contributed by atoms with Crippen LogP contribution in [-0.4, -0.2) is 22.0 Å². The molecule has 0 aliphatic heterocycles. The number of benzene rings is 2. The second-order valence-electron chi connectivity index (χ2n) is 5.89. The van der Waals surface area contributed by atoms with Crippen LogP contribution in [0.1, 0.15) is 17.4 Å². The van der Waals surface area contributed by atoms with Gasteiger partial charge in [0, 0.05) is 18.7 Å². The second-order valence-corrected chi connectivity index (χ2v) is 6.92. The van der Waals surface area contributed by atoms with Gasteiger partial charge in [-0.1, -0.05) is 28.6 Å². The molecular weight excluding hydrogens is 383 g/mol. The molecule has 0 saturated carbocycles. The summed E-state index contributed by atoms with van der Waals surface area (Å²) in [6.45, 7) is 1.41.